The van der Waals surface area contributed by atoms with Gasteiger partial charge >= 0.3 is 0 Å². The highest BCUT2D eigenvalue weighted by molar-refractivity contribution is 5.13. The van der Waals surface area contributed by atoms with Crippen molar-refractivity contribution < 1.29 is 0 Å². The Hall–Kier alpha value is -0.970. The van der Waals surface area contributed by atoms with E-state index in [1.807, 2.05) is 6.20 Å². The Balaban J connectivity index is 2.61. The van der Waals surface area contributed by atoms with Crippen molar-refractivity contribution in [1.29, 1.82) is 0 Å². The fraction of sp³-hybridized carbons (Fsp3) is 0.643. The van der Waals surface area contributed by atoms with Crippen LogP contribution in [0, 0.1) is 0 Å². The molecule has 18 heavy (non-hydrogen) atoms. The van der Waals surface area contributed by atoms with Gasteiger partial charge in [-0.2, -0.15) is 0 Å². The van der Waals surface area contributed by atoms with E-state index in [0.29, 0.717) is 12.6 Å². The van der Waals surface area contributed by atoms with Gasteiger partial charge in [0.1, 0.15) is 0 Å². The van der Waals surface area contributed by atoms with Gasteiger partial charge < -0.3 is 10.6 Å². The van der Waals surface area contributed by atoms with Gasteiger partial charge in [0.2, 0.25) is 0 Å². The van der Waals surface area contributed by atoms with E-state index in [9.17, 15) is 0 Å². The molecule has 2 N–H and O–H groups in total. The standard InChI is InChI=1S/C14H26N4/c1-5-18(12(2)10-17(3)4)11-14-7-6-13(8-15)9-16-14/h6-7,9,12H,5,8,10-11,15H2,1-4H3. The molecule has 102 valence electrons. The zero-order valence-electron chi connectivity index (χ0n) is 12.1. The molecule has 0 amide bonds. The van der Waals surface area contributed by atoms with E-state index in [1.165, 1.54) is 0 Å². The summed E-state index contributed by atoms with van der Waals surface area (Å²) in [6, 6.07) is 4.67. The number of hydrogen-bond donors (Lipinski definition) is 1. The largest absolute Gasteiger partial charge is 0.326 e. The van der Waals surface area contributed by atoms with E-state index in [2.05, 4.69) is 54.9 Å². The molecular weight excluding hydrogens is 224 g/mol. The number of pyridine rings is 1. The van der Waals surface area contributed by atoms with E-state index in [0.717, 1.165) is 30.9 Å². The number of hydrogen-bond acceptors (Lipinski definition) is 4. The molecule has 1 unspecified atom stereocenters. The highest BCUT2D eigenvalue weighted by Gasteiger charge is 2.13. The number of likely N-dealkylation sites (N-methyl/N-ethyl adjacent to an activating group) is 2. The summed E-state index contributed by atoms with van der Waals surface area (Å²) in [5.41, 5.74) is 7.77. The molecule has 1 rings (SSSR count). The predicted molar refractivity (Wildman–Crippen MR) is 76.2 cm³/mol. The number of rotatable bonds is 7. The second-order valence-corrected chi connectivity index (χ2v) is 5.04. The second-order valence-electron chi connectivity index (χ2n) is 5.04. The molecule has 0 saturated heterocycles. The zero-order chi connectivity index (χ0) is 13.5. The molecule has 1 atom stereocenters. The third kappa shape index (κ3) is 4.72. The number of aromatic nitrogens is 1. The Morgan fingerprint density at radius 1 is 1.33 bits per heavy atom. The van der Waals surface area contributed by atoms with Crippen LogP contribution in [0.4, 0.5) is 0 Å². The van der Waals surface area contributed by atoms with Gasteiger partial charge in [-0.25, -0.2) is 0 Å². The number of nitrogens with zero attached hydrogens (tertiary/aromatic N) is 3. The van der Waals surface area contributed by atoms with E-state index >= 15 is 0 Å². The first-order chi connectivity index (χ1) is 8.56. The van der Waals surface area contributed by atoms with Gasteiger partial charge in [-0.15, -0.1) is 0 Å². The maximum Gasteiger partial charge on any atom is 0.0544 e. The summed E-state index contributed by atoms with van der Waals surface area (Å²) in [6.45, 7) is 8.01. The van der Waals surface area contributed by atoms with Gasteiger partial charge in [0.25, 0.3) is 0 Å². The van der Waals surface area contributed by atoms with Gasteiger partial charge in [-0.05, 0) is 39.2 Å². The van der Waals surface area contributed by atoms with Crippen molar-refractivity contribution in [3.05, 3.63) is 29.6 Å². The van der Waals surface area contributed by atoms with Gasteiger partial charge in [0, 0.05) is 31.9 Å². The normalized spacial score (nSPS) is 13.3. The van der Waals surface area contributed by atoms with Gasteiger partial charge in [-0.1, -0.05) is 13.0 Å². The van der Waals surface area contributed by atoms with Crippen molar-refractivity contribution >= 4 is 0 Å². The van der Waals surface area contributed by atoms with Gasteiger partial charge in [0.15, 0.2) is 0 Å². The third-order valence-electron chi connectivity index (χ3n) is 3.15. The first kappa shape index (κ1) is 15.1. The Kier molecular flexibility index (Phi) is 6.25. The summed E-state index contributed by atoms with van der Waals surface area (Å²) in [4.78, 5) is 9.12. The van der Waals surface area contributed by atoms with Crippen LogP contribution in [0.25, 0.3) is 0 Å². The minimum atomic E-state index is 0.529. The first-order valence-electron chi connectivity index (χ1n) is 6.59. The molecule has 4 heteroatoms. The fourth-order valence-electron chi connectivity index (χ4n) is 2.10. The second kappa shape index (κ2) is 7.46. The molecular formula is C14H26N4. The highest BCUT2D eigenvalue weighted by Crippen LogP contribution is 2.07. The molecule has 0 aliphatic heterocycles. The molecule has 1 heterocycles. The SMILES string of the molecule is CCN(Cc1ccc(CN)cn1)C(C)CN(C)C. The monoisotopic (exact) mass is 250 g/mol. The smallest absolute Gasteiger partial charge is 0.0544 e. The highest BCUT2D eigenvalue weighted by atomic mass is 15.2. The topological polar surface area (TPSA) is 45.4 Å². The molecule has 0 fully saturated rings. The Morgan fingerprint density at radius 3 is 2.50 bits per heavy atom. The van der Waals surface area contributed by atoms with E-state index in [1.54, 1.807) is 0 Å². The summed E-state index contributed by atoms with van der Waals surface area (Å²) in [7, 11) is 4.22. The average Bonchev–Trinajstić information content (AvgIpc) is 2.35. The molecule has 0 saturated carbocycles. The molecule has 0 bridgehead atoms. The lowest BCUT2D eigenvalue weighted by molar-refractivity contribution is 0.172. The van der Waals surface area contributed by atoms with Crippen LogP contribution < -0.4 is 5.73 Å². The van der Waals surface area contributed by atoms with Crippen LogP contribution in [0.3, 0.4) is 0 Å². The Bertz CT molecular complexity index is 334. The van der Waals surface area contributed by atoms with Crippen LogP contribution >= 0.6 is 0 Å². The minimum absolute atomic E-state index is 0.529. The average molecular weight is 250 g/mol. The molecule has 4 nitrogen and oxygen atoms in total. The van der Waals surface area contributed by atoms with Crippen molar-refractivity contribution in [2.75, 3.05) is 27.2 Å². The molecule has 1 aromatic heterocycles. The van der Waals surface area contributed by atoms with Gasteiger partial charge in [-0.3, -0.25) is 9.88 Å². The van der Waals surface area contributed by atoms with E-state index in [4.69, 9.17) is 5.73 Å². The molecule has 0 aliphatic rings. The quantitative estimate of drug-likeness (QED) is 0.792. The molecule has 0 radical (unpaired) electrons. The summed E-state index contributed by atoms with van der Waals surface area (Å²) in [5, 5.41) is 0. The van der Waals surface area contributed by atoms with Gasteiger partial charge in [0.05, 0.1) is 5.69 Å². The summed E-state index contributed by atoms with van der Waals surface area (Å²) in [6.07, 6.45) is 1.87. The van der Waals surface area contributed by atoms with Crippen LogP contribution in [-0.2, 0) is 13.1 Å². The first-order valence-corrected chi connectivity index (χ1v) is 6.59. The van der Waals surface area contributed by atoms with Crippen LogP contribution in [0.15, 0.2) is 18.3 Å². The van der Waals surface area contributed by atoms with Crippen molar-refractivity contribution in [3.63, 3.8) is 0 Å². The lowest BCUT2D eigenvalue weighted by Gasteiger charge is -2.29. The van der Waals surface area contributed by atoms with Crippen LogP contribution in [0.1, 0.15) is 25.1 Å². The summed E-state index contributed by atoms with van der Waals surface area (Å²) >= 11 is 0. The maximum atomic E-state index is 5.57. The molecule has 1 aromatic rings. The van der Waals surface area contributed by atoms with Crippen molar-refractivity contribution in [2.45, 2.75) is 33.0 Å². The Labute approximate surface area is 111 Å². The zero-order valence-corrected chi connectivity index (χ0v) is 12.1. The van der Waals surface area contributed by atoms with Crippen molar-refractivity contribution in [1.82, 2.24) is 14.8 Å². The third-order valence-corrected chi connectivity index (χ3v) is 3.15. The Morgan fingerprint density at radius 2 is 2.06 bits per heavy atom. The number of nitrogens with two attached hydrogens (primary N) is 1. The minimum Gasteiger partial charge on any atom is -0.326 e. The van der Waals surface area contributed by atoms with Crippen LogP contribution in [-0.4, -0.2) is 48.0 Å². The summed E-state index contributed by atoms with van der Waals surface area (Å²) < 4.78 is 0. The van der Waals surface area contributed by atoms with E-state index in [-0.39, 0.29) is 0 Å². The molecule has 0 aromatic carbocycles. The van der Waals surface area contributed by atoms with E-state index < -0.39 is 0 Å². The summed E-state index contributed by atoms with van der Waals surface area (Å²) in [5.74, 6) is 0. The van der Waals surface area contributed by atoms with Crippen LogP contribution in [0.5, 0.6) is 0 Å². The van der Waals surface area contributed by atoms with Crippen LogP contribution in [0.2, 0.25) is 0 Å². The molecule has 0 aliphatic carbocycles. The maximum absolute atomic E-state index is 5.57. The van der Waals surface area contributed by atoms with Crippen molar-refractivity contribution in [3.8, 4) is 0 Å². The predicted octanol–water partition coefficient (Wildman–Crippen LogP) is 1.31. The molecule has 0 spiro atoms. The lowest BCUT2D eigenvalue weighted by Crippen LogP contribution is -2.39. The van der Waals surface area contributed by atoms with Crippen molar-refractivity contribution in [2.24, 2.45) is 5.73 Å². The lowest BCUT2D eigenvalue weighted by atomic mass is 10.2. The fourth-order valence-corrected chi connectivity index (χ4v) is 2.10.